The molecule has 1 saturated heterocycles. The van der Waals surface area contributed by atoms with Gasteiger partial charge in [0.1, 0.15) is 25.1 Å². The highest BCUT2D eigenvalue weighted by Crippen LogP contribution is 2.23. The molecule has 0 aromatic heterocycles. The van der Waals surface area contributed by atoms with E-state index in [0.29, 0.717) is 25.3 Å². The van der Waals surface area contributed by atoms with E-state index in [0.717, 1.165) is 0 Å². The van der Waals surface area contributed by atoms with Crippen LogP contribution in [0.3, 0.4) is 0 Å². The molecule has 1 aliphatic heterocycles. The van der Waals surface area contributed by atoms with Crippen LogP contribution < -0.4 is 15.4 Å². The fourth-order valence-electron chi connectivity index (χ4n) is 2.63. The minimum atomic E-state index is -3.87. The third-order valence-electron chi connectivity index (χ3n) is 3.93. The summed E-state index contributed by atoms with van der Waals surface area (Å²) in [7, 11) is -3.87. The van der Waals surface area contributed by atoms with Crippen LogP contribution in [0.25, 0.3) is 0 Å². The first-order valence-electron chi connectivity index (χ1n) is 8.24. The molecule has 26 heavy (non-hydrogen) atoms. The van der Waals surface area contributed by atoms with Crippen molar-refractivity contribution in [1.82, 2.24) is 14.9 Å². The van der Waals surface area contributed by atoms with Crippen LogP contribution in [0.15, 0.2) is 29.2 Å². The van der Waals surface area contributed by atoms with Crippen LogP contribution >= 0.6 is 0 Å². The minimum Gasteiger partial charge on any atom is -0.481 e. The van der Waals surface area contributed by atoms with Gasteiger partial charge in [0.2, 0.25) is 15.9 Å². The van der Waals surface area contributed by atoms with Gasteiger partial charge < -0.3 is 20.5 Å². The summed E-state index contributed by atoms with van der Waals surface area (Å²) in [6, 6.07) is 5.14. The number of nitrogens with one attached hydrogen (secondary N) is 2. The quantitative estimate of drug-likeness (QED) is 0.453. The van der Waals surface area contributed by atoms with Gasteiger partial charge in [0.05, 0.1) is 4.90 Å². The first-order chi connectivity index (χ1) is 12.5. The Balaban J connectivity index is 2.24. The number of carbonyl (C=O) groups excluding carboxylic acids is 1. The Kier molecular flexibility index (Phi) is 7.41. The summed E-state index contributed by atoms with van der Waals surface area (Å²) in [5.41, 5.74) is 0. The molecule has 1 fully saturated rings. The molecule has 0 aliphatic carbocycles. The van der Waals surface area contributed by atoms with E-state index in [1.165, 1.54) is 16.4 Å². The molecule has 1 unspecified atom stereocenters. The number of amides is 1. The van der Waals surface area contributed by atoms with Gasteiger partial charge in [0.25, 0.3) is 0 Å². The second kappa shape index (κ2) is 9.54. The van der Waals surface area contributed by atoms with Crippen molar-refractivity contribution in [3.63, 3.8) is 0 Å². The number of benzene rings is 1. The monoisotopic (exact) mass is 381 g/mol. The van der Waals surface area contributed by atoms with Crippen molar-refractivity contribution in [3.8, 4) is 17.6 Å². The second-order valence-corrected chi connectivity index (χ2v) is 7.45. The lowest BCUT2D eigenvalue weighted by Gasteiger charge is -2.27. The van der Waals surface area contributed by atoms with E-state index in [1.54, 1.807) is 19.1 Å². The zero-order valence-corrected chi connectivity index (χ0v) is 15.4. The lowest BCUT2D eigenvalue weighted by atomic mass is 10.2. The first-order valence-corrected chi connectivity index (χ1v) is 9.68. The van der Waals surface area contributed by atoms with Crippen molar-refractivity contribution >= 4 is 15.9 Å². The van der Waals surface area contributed by atoms with Gasteiger partial charge in [-0.1, -0.05) is 5.92 Å². The standard InChI is InChI=1S/C17H23N3O5S/c1-2-3-12-25-14-4-6-15(7-5-14)26(23,24)20-11-10-18-9-8-16(20)17(22)19-13-21/h4-7,16,18,21H,8-13H2,1H3,(H,19,22). The van der Waals surface area contributed by atoms with E-state index in [-0.39, 0.29) is 18.0 Å². The van der Waals surface area contributed by atoms with Crippen LogP contribution in [0.5, 0.6) is 5.75 Å². The highest BCUT2D eigenvalue weighted by atomic mass is 32.2. The largest absolute Gasteiger partial charge is 0.481 e. The van der Waals surface area contributed by atoms with E-state index in [2.05, 4.69) is 22.5 Å². The van der Waals surface area contributed by atoms with Crippen molar-refractivity contribution in [1.29, 1.82) is 0 Å². The van der Waals surface area contributed by atoms with Crippen LogP contribution in [0.1, 0.15) is 13.3 Å². The number of aliphatic hydroxyl groups is 1. The Morgan fingerprint density at radius 1 is 1.38 bits per heavy atom. The zero-order valence-electron chi connectivity index (χ0n) is 14.6. The van der Waals surface area contributed by atoms with Crippen LogP contribution in [-0.2, 0) is 14.8 Å². The molecule has 0 saturated carbocycles. The summed E-state index contributed by atoms with van der Waals surface area (Å²) >= 11 is 0. The number of aliphatic hydroxyl groups excluding tert-OH is 1. The maximum Gasteiger partial charge on any atom is 0.243 e. The number of nitrogens with zero attached hydrogens (tertiary/aromatic N) is 1. The summed E-state index contributed by atoms with van der Waals surface area (Å²) in [6.07, 6.45) is 0.321. The number of hydrogen-bond donors (Lipinski definition) is 3. The number of sulfonamides is 1. The molecular weight excluding hydrogens is 358 g/mol. The van der Waals surface area contributed by atoms with Crippen LogP contribution in [0, 0.1) is 11.8 Å². The fourth-order valence-corrected chi connectivity index (χ4v) is 4.25. The maximum absolute atomic E-state index is 13.0. The molecule has 8 nitrogen and oxygen atoms in total. The molecule has 0 spiro atoms. The summed E-state index contributed by atoms with van der Waals surface area (Å²) in [6.45, 7) is 2.52. The first kappa shape index (κ1) is 20.2. The normalized spacial score (nSPS) is 18.3. The third-order valence-corrected chi connectivity index (χ3v) is 5.85. The Morgan fingerprint density at radius 2 is 2.12 bits per heavy atom. The molecule has 1 aromatic carbocycles. The van der Waals surface area contributed by atoms with E-state index in [1.807, 2.05) is 0 Å². The SMILES string of the molecule is CC#CCOc1ccc(S(=O)(=O)N2CCNCCC2C(=O)NCO)cc1. The summed E-state index contributed by atoms with van der Waals surface area (Å²) in [5, 5.41) is 14.3. The number of hydrogen-bond acceptors (Lipinski definition) is 6. The molecule has 1 aliphatic rings. The number of ether oxygens (including phenoxy) is 1. The average Bonchev–Trinajstić information content (AvgIpc) is 2.89. The van der Waals surface area contributed by atoms with Gasteiger partial charge in [0.15, 0.2) is 0 Å². The van der Waals surface area contributed by atoms with Crippen LogP contribution in [0.2, 0.25) is 0 Å². The summed E-state index contributed by atoms with van der Waals surface area (Å²) in [5.74, 6) is 5.47. The maximum atomic E-state index is 13.0. The van der Waals surface area contributed by atoms with Crippen molar-refractivity contribution in [2.45, 2.75) is 24.3 Å². The van der Waals surface area contributed by atoms with Gasteiger partial charge in [-0.2, -0.15) is 4.31 Å². The van der Waals surface area contributed by atoms with Crippen LogP contribution in [0.4, 0.5) is 0 Å². The Bertz CT molecular complexity index is 768. The van der Waals surface area contributed by atoms with E-state index in [9.17, 15) is 13.2 Å². The minimum absolute atomic E-state index is 0.0788. The lowest BCUT2D eigenvalue weighted by Crippen LogP contribution is -2.50. The molecule has 1 amide bonds. The highest BCUT2D eigenvalue weighted by Gasteiger charge is 2.36. The van der Waals surface area contributed by atoms with Crippen molar-refractivity contribution in [3.05, 3.63) is 24.3 Å². The van der Waals surface area contributed by atoms with Gasteiger partial charge in [-0.3, -0.25) is 4.79 Å². The zero-order chi connectivity index (χ0) is 19.0. The molecule has 0 bridgehead atoms. The van der Waals surface area contributed by atoms with Gasteiger partial charge >= 0.3 is 0 Å². The predicted octanol–water partition coefficient (Wildman–Crippen LogP) is -0.493. The van der Waals surface area contributed by atoms with E-state index in [4.69, 9.17) is 9.84 Å². The molecule has 1 aromatic rings. The second-order valence-electron chi connectivity index (χ2n) is 5.56. The predicted molar refractivity (Wildman–Crippen MR) is 95.8 cm³/mol. The van der Waals surface area contributed by atoms with Crippen molar-refractivity contribution in [2.75, 3.05) is 33.0 Å². The van der Waals surface area contributed by atoms with Gasteiger partial charge in [-0.05, 0) is 44.2 Å². The van der Waals surface area contributed by atoms with Crippen LogP contribution in [-0.4, -0.2) is 62.8 Å². The van der Waals surface area contributed by atoms with E-state index >= 15 is 0 Å². The molecule has 1 atom stereocenters. The number of rotatable bonds is 6. The lowest BCUT2D eigenvalue weighted by molar-refractivity contribution is -0.126. The average molecular weight is 381 g/mol. The Hall–Kier alpha value is -2.12. The van der Waals surface area contributed by atoms with Crippen molar-refractivity contribution < 1.29 is 23.1 Å². The summed E-state index contributed by atoms with van der Waals surface area (Å²) < 4.78 is 32.6. The highest BCUT2D eigenvalue weighted by molar-refractivity contribution is 7.89. The van der Waals surface area contributed by atoms with Gasteiger partial charge in [0, 0.05) is 13.1 Å². The smallest absolute Gasteiger partial charge is 0.243 e. The Morgan fingerprint density at radius 3 is 2.77 bits per heavy atom. The summed E-state index contributed by atoms with van der Waals surface area (Å²) in [4.78, 5) is 12.3. The molecule has 1 heterocycles. The van der Waals surface area contributed by atoms with E-state index < -0.39 is 28.7 Å². The van der Waals surface area contributed by atoms with Gasteiger partial charge in [-0.25, -0.2) is 8.42 Å². The Labute approximate surface area is 153 Å². The van der Waals surface area contributed by atoms with Gasteiger partial charge in [-0.15, -0.1) is 5.92 Å². The molecule has 9 heteroatoms. The molecule has 2 rings (SSSR count). The molecule has 0 radical (unpaired) electrons. The molecule has 142 valence electrons. The fraction of sp³-hybridized carbons (Fsp3) is 0.471. The third kappa shape index (κ3) is 4.95. The van der Waals surface area contributed by atoms with Crippen molar-refractivity contribution in [2.24, 2.45) is 0 Å². The molecular formula is C17H23N3O5S. The number of carbonyl (C=O) groups is 1. The topological polar surface area (TPSA) is 108 Å². The molecule has 3 N–H and O–H groups in total.